The number of carbonyl (C=O) groups is 2. The molecule has 7 heteroatoms. The van der Waals surface area contributed by atoms with Crippen LogP contribution in [0.25, 0.3) is 0 Å². The van der Waals surface area contributed by atoms with Crippen molar-refractivity contribution >= 4 is 11.8 Å². The van der Waals surface area contributed by atoms with Crippen molar-refractivity contribution in [3.8, 4) is 0 Å². The van der Waals surface area contributed by atoms with Gasteiger partial charge in [0.15, 0.2) is 0 Å². The van der Waals surface area contributed by atoms with Gasteiger partial charge in [0, 0.05) is 26.2 Å². The number of halogens is 2. The van der Waals surface area contributed by atoms with E-state index in [1.807, 2.05) is 0 Å². The van der Waals surface area contributed by atoms with Gasteiger partial charge in [0.2, 0.25) is 5.91 Å². The summed E-state index contributed by atoms with van der Waals surface area (Å²) in [6.45, 7) is 1.07. The highest BCUT2D eigenvalue weighted by molar-refractivity contribution is 5.95. The predicted molar refractivity (Wildman–Crippen MR) is 82.2 cm³/mol. The molecule has 1 aromatic carbocycles. The van der Waals surface area contributed by atoms with Crippen molar-refractivity contribution in [2.24, 2.45) is 5.92 Å². The van der Waals surface area contributed by atoms with Gasteiger partial charge in [-0.15, -0.1) is 0 Å². The largest absolute Gasteiger partial charge is 0.392 e. The van der Waals surface area contributed by atoms with Gasteiger partial charge >= 0.3 is 0 Å². The fraction of sp³-hybridized carbons (Fsp3) is 0.529. The Morgan fingerprint density at radius 3 is 2.12 bits per heavy atom. The first kappa shape index (κ1) is 16.8. The molecule has 1 saturated heterocycles. The molecule has 5 nitrogen and oxygen atoms in total. The van der Waals surface area contributed by atoms with Crippen molar-refractivity contribution < 1.29 is 23.5 Å². The number of piperazine rings is 1. The van der Waals surface area contributed by atoms with E-state index in [-0.39, 0.29) is 24.9 Å². The smallest absolute Gasteiger partial charge is 0.259 e. The molecule has 1 saturated carbocycles. The van der Waals surface area contributed by atoms with Gasteiger partial charge in [-0.1, -0.05) is 6.07 Å². The lowest BCUT2D eigenvalue weighted by atomic mass is 10.0. The Bertz CT molecular complexity index is 624. The van der Waals surface area contributed by atoms with Crippen LogP contribution in [0.15, 0.2) is 18.2 Å². The van der Waals surface area contributed by atoms with Crippen molar-refractivity contribution in [3.63, 3.8) is 0 Å². The first-order valence-corrected chi connectivity index (χ1v) is 8.19. The van der Waals surface area contributed by atoms with E-state index in [1.54, 1.807) is 4.90 Å². The molecule has 0 aromatic heterocycles. The second-order valence-corrected chi connectivity index (χ2v) is 6.32. The molecule has 2 aliphatic rings. The fourth-order valence-corrected chi connectivity index (χ4v) is 3.45. The summed E-state index contributed by atoms with van der Waals surface area (Å²) < 4.78 is 27.5. The highest BCUT2D eigenvalue weighted by Gasteiger charge is 2.36. The summed E-state index contributed by atoms with van der Waals surface area (Å²) in [6, 6.07) is 3.32. The highest BCUT2D eigenvalue weighted by atomic mass is 19.1. The molecule has 0 spiro atoms. The summed E-state index contributed by atoms with van der Waals surface area (Å²) in [4.78, 5) is 27.7. The molecule has 1 N–H and O–H groups in total. The van der Waals surface area contributed by atoms with Crippen LogP contribution >= 0.6 is 0 Å². The third kappa shape index (κ3) is 3.13. The molecule has 0 radical (unpaired) electrons. The Morgan fingerprint density at radius 1 is 1.00 bits per heavy atom. The monoisotopic (exact) mass is 338 g/mol. The van der Waals surface area contributed by atoms with Gasteiger partial charge in [-0.25, -0.2) is 8.78 Å². The van der Waals surface area contributed by atoms with Crippen LogP contribution in [0.1, 0.15) is 29.6 Å². The summed E-state index contributed by atoms with van der Waals surface area (Å²) in [5, 5.41) is 9.84. The SMILES string of the molecule is O=C(c1c(F)cccc1F)N1CCN(C(=O)C2CCCC2O)CC1. The Labute approximate surface area is 138 Å². The first-order valence-electron chi connectivity index (χ1n) is 8.19. The molecular formula is C17H20F2N2O3. The Kier molecular flexibility index (Phi) is 4.80. The van der Waals surface area contributed by atoms with E-state index in [4.69, 9.17) is 0 Å². The lowest BCUT2D eigenvalue weighted by Gasteiger charge is -2.36. The van der Waals surface area contributed by atoms with Crippen molar-refractivity contribution in [1.29, 1.82) is 0 Å². The van der Waals surface area contributed by atoms with Crippen LogP contribution < -0.4 is 0 Å². The minimum Gasteiger partial charge on any atom is -0.392 e. The summed E-state index contributed by atoms with van der Waals surface area (Å²) in [7, 11) is 0. The standard InChI is InChI=1S/C17H20F2N2O3/c18-12-4-2-5-13(19)15(12)17(24)21-9-7-20(8-10-21)16(23)11-3-1-6-14(11)22/h2,4-5,11,14,22H,1,3,6-10H2. The van der Waals surface area contributed by atoms with Crippen LogP contribution in [-0.2, 0) is 4.79 Å². The quantitative estimate of drug-likeness (QED) is 0.887. The Balaban J connectivity index is 1.63. The molecule has 24 heavy (non-hydrogen) atoms. The molecule has 2 atom stereocenters. The summed E-state index contributed by atoms with van der Waals surface area (Å²) in [5.74, 6) is -2.92. The average Bonchev–Trinajstić information content (AvgIpc) is 3.00. The third-order valence-corrected chi connectivity index (χ3v) is 4.85. The number of nitrogens with zero attached hydrogens (tertiary/aromatic N) is 2. The zero-order valence-electron chi connectivity index (χ0n) is 13.3. The highest BCUT2D eigenvalue weighted by Crippen LogP contribution is 2.27. The summed E-state index contributed by atoms with van der Waals surface area (Å²) >= 11 is 0. The molecule has 2 fully saturated rings. The average molecular weight is 338 g/mol. The molecule has 130 valence electrons. The van der Waals surface area contributed by atoms with Gasteiger partial charge in [0.1, 0.15) is 17.2 Å². The molecule has 3 rings (SSSR count). The third-order valence-electron chi connectivity index (χ3n) is 4.85. The molecule has 2 amide bonds. The fourth-order valence-electron chi connectivity index (χ4n) is 3.45. The number of amides is 2. The van der Waals surface area contributed by atoms with Crippen molar-refractivity contribution in [2.45, 2.75) is 25.4 Å². The van der Waals surface area contributed by atoms with E-state index in [2.05, 4.69) is 0 Å². The number of carbonyl (C=O) groups excluding carboxylic acids is 2. The zero-order chi connectivity index (χ0) is 17.3. The van der Waals surface area contributed by atoms with E-state index in [0.29, 0.717) is 25.9 Å². The van der Waals surface area contributed by atoms with E-state index in [9.17, 15) is 23.5 Å². The molecule has 2 unspecified atom stereocenters. The molecule has 0 bridgehead atoms. The molecule has 1 heterocycles. The maximum Gasteiger partial charge on any atom is 0.259 e. The lowest BCUT2D eigenvalue weighted by Crippen LogP contribution is -2.52. The van der Waals surface area contributed by atoms with Gasteiger partial charge in [-0.05, 0) is 31.4 Å². The summed E-state index contributed by atoms with van der Waals surface area (Å²) in [5.41, 5.74) is -0.552. The number of benzene rings is 1. The van der Waals surface area contributed by atoms with Crippen LogP contribution in [0.2, 0.25) is 0 Å². The number of aliphatic hydroxyl groups is 1. The van der Waals surface area contributed by atoms with Crippen LogP contribution in [-0.4, -0.2) is 59.0 Å². The van der Waals surface area contributed by atoms with Crippen molar-refractivity contribution in [3.05, 3.63) is 35.4 Å². The second kappa shape index (κ2) is 6.84. The molecule has 1 aliphatic heterocycles. The van der Waals surface area contributed by atoms with E-state index >= 15 is 0 Å². The first-order chi connectivity index (χ1) is 11.5. The maximum atomic E-state index is 13.7. The van der Waals surface area contributed by atoms with Crippen LogP contribution in [0.4, 0.5) is 8.78 Å². The van der Waals surface area contributed by atoms with E-state index < -0.39 is 29.2 Å². The Morgan fingerprint density at radius 2 is 1.58 bits per heavy atom. The Hall–Kier alpha value is -2.02. The van der Waals surface area contributed by atoms with Crippen molar-refractivity contribution in [2.75, 3.05) is 26.2 Å². The van der Waals surface area contributed by atoms with Gasteiger partial charge in [-0.2, -0.15) is 0 Å². The molecular weight excluding hydrogens is 318 g/mol. The number of rotatable bonds is 2. The number of hydrogen-bond acceptors (Lipinski definition) is 3. The van der Waals surface area contributed by atoms with Gasteiger partial charge in [0.25, 0.3) is 5.91 Å². The van der Waals surface area contributed by atoms with Gasteiger partial charge in [-0.3, -0.25) is 9.59 Å². The molecule has 1 aliphatic carbocycles. The van der Waals surface area contributed by atoms with Crippen LogP contribution in [0.3, 0.4) is 0 Å². The zero-order valence-corrected chi connectivity index (χ0v) is 13.3. The van der Waals surface area contributed by atoms with E-state index in [0.717, 1.165) is 18.6 Å². The normalized spacial score (nSPS) is 24.3. The van der Waals surface area contributed by atoms with Gasteiger partial charge < -0.3 is 14.9 Å². The molecule has 1 aromatic rings. The summed E-state index contributed by atoms with van der Waals surface area (Å²) in [6.07, 6.45) is 1.56. The van der Waals surface area contributed by atoms with Crippen molar-refractivity contribution in [1.82, 2.24) is 9.80 Å². The lowest BCUT2D eigenvalue weighted by molar-refractivity contribution is -0.139. The van der Waals surface area contributed by atoms with E-state index in [1.165, 1.54) is 11.0 Å². The minimum atomic E-state index is -0.882. The number of hydrogen-bond donors (Lipinski definition) is 1. The van der Waals surface area contributed by atoms with Crippen LogP contribution in [0.5, 0.6) is 0 Å². The second-order valence-electron chi connectivity index (χ2n) is 6.32. The minimum absolute atomic E-state index is 0.0934. The topological polar surface area (TPSA) is 60.9 Å². The number of aliphatic hydroxyl groups excluding tert-OH is 1. The van der Waals surface area contributed by atoms with Crippen LogP contribution in [0, 0.1) is 17.6 Å². The maximum absolute atomic E-state index is 13.7. The predicted octanol–water partition coefficient (Wildman–Crippen LogP) is 1.41. The van der Waals surface area contributed by atoms with Gasteiger partial charge in [0.05, 0.1) is 12.0 Å².